The Morgan fingerprint density at radius 3 is 2.54 bits per heavy atom. The van der Waals surface area contributed by atoms with E-state index in [1.165, 1.54) is 0 Å². The molecule has 1 amide bonds. The number of halogens is 2. The van der Waals surface area contributed by atoms with Gasteiger partial charge in [0.25, 0.3) is 0 Å². The standard InChI is InChI=1S/C7H11F2NO3/c8-6(9)3-5(10-4-11)1-2-7(12)13/h4-6H,1-3H2,(H,10,11)(H,12,13). The number of hydrogen-bond donors (Lipinski definition) is 2. The van der Waals surface area contributed by atoms with Gasteiger partial charge in [0.05, 0.1) is 0 Å². The lowest BCUT2D eigenvalue weighted by molar-refractivity contribution is -0.137. The lowest BCUT2D eigenvalue weighted by Crippen LogP contribution is -2.30. The Bertz CT molecular complexity index is 175. The molecule has 0 saturated heterocycles. The van der Waals surface area contributed by atoms with Crippen LogP contribution in [0.1, 0.15) is 19.3 Å². The summed E-state index contributed by atoms with van der Waals surface area (Å²) in [7, 11) is 0. The summed E-state index contributed by atoms with van der Waals surface area (Å²) in [4.78, 5) is 20.0. The molecule has 13 heavy (non-hydrogen) atoms. The Labute approximate surface area is 73.9 Å². The fraction of sp³-hybridized carbons (Fsp3) is 0.714. The monoisotopic (exact) mass is 195 g/mol. The van der Waals surface area contributed by atoms with Crippen LogP contribution in [0, 0.1) is 0 Å². The molecule has 0 spiro atoms. The summed E-state index contributed by atoms with van der Waals surface area (Å²) in [5.41, 5.74) is 0. The first-order valence-electron chi connectivity index (χ1n) is 3.76. The minimum absolute atomic E-state index is 0.0262. The van der Waals surface area contributed by atoms with E-state index in [1.54, 1.807) is 0 Å². The second-order valence-corrected chi connectivity index (χ2v) is 2.54. The first-order valence-corrected chi connectivity index (χ1v) is 3.76. The van der Waals surface area contributed by atoms with Gasteiger partial charge in [-0.3, -0.25) is 9.59 Å². The molecule has 0 rings (SSSR count). The molecular formula is C7H11F2NO3. The van der Waals surface area contributed by atoms with Crippen LogP contribution in [0.4, 0.5) is 8.78 Å². The number of amides is 1. The van der Waals surface area contributed by atoms with Crippen molar-refractivity contribution < 1.29 is 23.5 Å². The van der Waals surface area contributed by atoms with Crippen LogP contribution < -0.4 is 5.32 Å². The smallest absolute Gasteiger partial charge is 0.303 e. The maximum atomic E-state index is 11.8. The molecule has 6 heteroatoms. The summed E-state index contributed by atoms with van der Waals surface area (Å²) < 4.78 is 23.7. The molecular weight excluding hydrogens is 184 g/mol. The van der Waals surface area contributed by atoms with Crippen LogP contribution in [0.15, 0.2) is 0 Å². The number of carboxylic acid groups (broad SMARTS) is 1. The van der Waals surface area contributed by atoms with Gasteiger partial charge in [-0.05, 0) is 6.42 Å². The Hall–Kier alpha value is -1.20. The highest BCUT2D eigenvalue weighted by molar-refractivity contribution is 5.66. The lowest BCUT2D eigenvalue weighted by atomic mass is 10.1. The highest BCUT2D eigenvalue weighted by Crippen LogP contribution is 2.08. The quantitative estimate of drug-likeness (QED) is 0.585. The number of carbonyl (C=O) groups excluding carboxylic acids is 1. The maximum absolute atomic E-state index is 11.8. The van der Waals surface area contributed by atoms with Crippen molar-refractivity contribution in [3.8, 4) is 0 Å². The van der Waals surface area contributed by atoms with Gasteiger partial charge in [0.15, 0.2) is 0 Å². The van der Waals surface area contributed by atoms with Gasteiger partial charge in [-0.2, -0.15) is 0 Å². The van der Waals surface area contributed by atoms with Gasteiger partial charge in [-0.15, -0.1) is 0 Å². The van der Waals surface area contributed by atoms with Gasteiger partial charge in [-0.1, -0.05) is 0 Å². The molecule has 0 aromatic heterocycles. The van der Waals surface area contributed by atoms with E-state index in [2.05, 4.69) is 5.32 Å². The number of carbonyl (C=O) groups is 2. The Balaban J connectivity index is 3.79. The topological polar surface area (TPSA) is 66.4 Å². The molecule has 0 heterocycles. The molecule has 0 radical (unpaired) electrons. The molecule has 0 aliphatic rings. The van der Waals surface area contributed by atoms with Crippen molar-refractivity contribution in [2.75, 3.05) is 0 Å². The Morgan fingerprint density at radius 2 is 2.15 bits per heavy atom. The molecule has 0 aromatic carbocycles. The maximum Gasteiger partial charge on any atom is 0.303 e. The zero-order valence-electron chi connectivity index (χ0n) is 6.87. The molecule has 0 aliphatic heterocycles. The van der Waals surface area contributed by atoms with Gasteiger partial charge in [0.1, 0.15) is 0 Å². The van der Waals surface area contributed by atoms with Crippen molar-refractivity contribution in [2.24, 2.45) is 0 Å². The first-order chi connectivity index (χ1) is 6.06. The molecule has 76 valence electrons. The van der Waals surface area contributed by atoms with E-state index in [0.717, 1.165) is 0 Å². The number of rotatable bonds is 7. The predicted octanol–water partition coefficient (Wildman–Crippen LogP) is 0.621. The van der Waals surface area contributed by atoms with Crippen LogP contribution in [-0.2, 0) is 9.59 Å². The van der Waals surface area contributed by atoms with E-state index < -0.39 is 24.9 Å². The number of hydrogen-bond acceptors (Lipinski definition) is 2. The van der Waals surface area contributed by atoms with Crippen molar-refractivity contribution in [3.05, 3.63) is 0 Å². The van der Waals surface area contributed by atoms with E-state index in [-0.39, 0.29) is 12.8 Å². The fourth-order valence-electron chi connectivity index (χ4n) is 0.878. The zero-order valence-corrected chi connectivity index (χ0v) is 6.87. The number of carboxylic acids is 1. The average molecular weight is 195 g/mol. The van der Waals surface area contributed by atoms with Gasteiger partial charge in [-0.25, -0.2) is 8.78 Å². The van der Waals surface area contributed by atoms with Crippen LogP contribution in [-0.4, -0.2) is 30.0 Å². The molecule has 2 N–H and O–H groups in total. The first kappa shape index (κ1) is 11.8. The van der Waals surface area contributed by atoms with Crippen LogP contribution >= 0.6 is 0 Å². The molecule has 0 aliphatic carbocycles. The normalized spacial score (nSPS) is 12.5. The molecule has 0 aromatic rings. The second-order valence-electron chi connectivity index (χ2n) is 2.54. The van der Waals surface area contributed by atoms with E-state index >= 15 is 0 Å². The summed E-state index contributed by atoms with van der Waals surface area (Å²) >= 11 is 0. The average Bonchev–Trinajstić information content (AvgIpc) is 1.99. The van der Waals surface area contributed by atoms with E-state index in [4.69, 9.17) is 5.11 Å². The molecule has 0 bridgehead atoms. The van der Waals surface area contributed by atoms with Crippen molar-refractivity contribution in [2.45, 2.75) is 31.7 Å². The van der Waals surface area contributed by atoms with Gasteiger partial charge < -0.3 is 10.4 Å². The van der Waals surface area contributed by atoms with E-state index in [0.29, 0.717) is 6.41 Å². The second kappa shape index (κ2) is 6.33. The summed E-state index contributed by atoms with van der Waals surface area (Å²) in [6.45, 7) is 0. The molecule has 4 nitrogen and oxygen atoms in total. The van der Waals surface area contributed by atoms with Crippen LogP contribution in [0.3, 0.4) is 0 Å². The molecule has 0 fully saturated rings. The third-order valence-corrected chi connectivity index (χ3v) is 1.47. The summed E-state index contributed by atoms with van der Waals surface area (Å²) in [5.74, 6) is -1.06. The highest BCUT2D eigenvalue weighted by Gasteiger charge is 2.15. The Kier molecular flexibility index (Phi) is 5.75. The minimum Gasteiger partial charge on any atom is -0.481 e. The van der Waals surface area contributed by atoms with E-state index in [1.807, 2.05) is 0 Å². The largest absolute Gasteiger partial charge is 0.481 e. The summed E-state index contributed by atoms with van der Waals surface area (Å²) in [6.07, 6.45) is -2.94. The number of aliphatic carboxylic acids is 1. The number of nitrogens with one attached hydrogen (secondary N) is 1. The van der Waals surface area contributed by atoms with Crippen LogP contribution in [0.2, 0.25) is 0 Å². The van der Waals surface area contributed by atoms with Crippen LogP contribution in [0.5, 0.6) is 0 Å². The Morgan fingerprint density at radius 1 is 1.54 bits per heavy atom. The minimum atomic E-state index is -2.54. The molecule has 1 atom stereocenters. The zero-order chi connectivity index (χ0) is 10.3. The number of alkyl halides is 2. The van der Waals surface area contributed by atoms with Crippen molar-refractivity contribution in [1.82, 2.24) is 5.32 Å². The highest BCUT2D eigenvalue weighted by atomic mass is 19.3. The predicted molar refractivity (Wildman–Crippen MR) is 40.5 cm³/mol. The molecule has 1 unspecified atom stereocenters. The van der Waals surface area contributed by atoms with Crippen LogP contribution in [0.25, 0.3) is 0 Å². The SMILES string of the molecule is O=CNC(CCC(=O)O)CC(F)F. The van der Waals surface area contributed by atoms with Gasteiger partial charge in [0, 0.05) is 18.9 Å². The summed E-state index contributed by atoms with van der Waals surface area (Å²) in [5, 5.41) is 10.4. The third kappa shape index (κ3) is 7.17. The van der Waals surface area contributed by atoms with Gasteiger partial charge >= 0.3 is 5.97 Å². The van der Waals surface area contributed by atoms with Crippen molar-refractivity contribution >= 4 is 12.4 Å². The summed E-state index contributed by atoms with van der Waals surface area (Å²) in [6, 6.07) is -0.756. The van der Waals surface area contributed by atoms with E-state index in [9.17, 15) is 18.4 Å². The molecule has 0 saturated carbocycles. The lowest BCUT2D eigenvalue weighted by Gasteiger charge is -2.13. The van der Waals surface area contributed by atoms with Gasteiger partial charge in [0.2, 0.25) is 12.8 Å². The van der Waals surface area contributed by atoms with Crippen molar-refractivity contribution in [3.63, 3.8) is 0 Å². The van der Waals surface area contributed by atoms with Crippen molar-refractivity contribution in [1.29, 1.82) is 0 Å². The third-order valence-electron chi connectivity index (χ3n) is 1.47. The fourth-order valence-corrected chi connectivity index (χ4v) is 0.878.